The predicted molar refractivity (Wildman–Crippen MR) is 116 cm³/mol. The number of rotatable bonds is 5. The first-order valence-electron chi connectivity index (χ1n) is 10.0. The number of amides is 1. The van der Waals surface area contributed by atoms with Gasteiger partial charge in [-0.2, -0.15) is 5.10 Å². The van der Waals surface area contributed by atoms with E-state index >= 15 is 0 Å². The van der Waals surface area contributed by atoms with E-state index in [1.54, 1.807) is 36.4 Å². The average molecular weight is 445 g/mol. The third-order valence-corrected chi connectivity index (χ3v) is 5.74. The van der Waals surface area contributed by atoms with Gasteiger partial charge in [0.2, 0.25) is 0 Å². The Labute approximate surface area is 183 Å². The van der Waals surface area contributed by atoms with Crippen LogP contribution in [-0.2, 0) is 4.74 Å². The molecule has 1 aliphatic heterocycles. The number of ether oxygens (including phenoxy) is 1. The minimum absolute atomic E-state index is 0.0256. The van der Waals surface area contributed by atoms with E-state index in [2.05, 4.69) is 20.4 Å². The van der Waals surface area contributed by atoms with Crippen LogP contribution < -0.4 is 10.9 Å². The van der Waals surface area contributed by atoms with Crippen molar-refractivity contribution in [3.05, 3.63) is 74.9 Å². The molecule has 1 amide bonds. The van der Waals surface area contributed by atoms with Gasteiger partial charge in [-0.1, -0.05) is 35.9 Å². The van der Waals surface area contributed by atoms with E-state index in [1.807, 2.05) is 6.92 Å². The molecule has 4 rings (SSSR count). The molecule has 0 spiro atoms. The first-order valence-corrected chi connectivity index (χ1v) is 10.4. The maximum absolute atomic E-state index is 14.7. The molecular weight excluding hydrogens is 423 g/mol. The zero-order chi connectivity index (χ0) is 22.0. The number of hydrogen-bond acceptors (Lipinski definition) is 5. The molecule has 0 bridgehead atoms. The quantitative estimate of drug-likeness (QED) is 0.631. The summed E-state index contributed by atoms with van der Waals surface area (Å²) in [5.74, 6) is -0.898. The standard InChI is InChI=1S/C22H22ClFN4O3/c1-13-12-28(9-10-31-13)18(19-16(23)7-4-8-17(19)24)11-25-22(30)20-14-5-2-3-6-15(14)21(29)27-26-20/h2-8,13,18H,9-12H2,1H3,(H,25,30)(H,27,29). The first-order chi connectivity index (χ1) is 15.0. The number of morpholine rings is 1. The number of hydrogen-bond donors (Lipinski definition) is 2. The van der Waals surface area contributed by atoms with Crippen LogP contribution in [0.1, 0.15) is 29.0 Å². The number of nitrogens with zero attached hydrogens (tertiary/aromatic N) is 2. The van der Waals surface area contributed by atoms with Crippen LogP contribution in [-0.4, -0.2) is 53.3 Å². The summed E-state index contributed by atoms with van der Waals surface area (Å²) < 4.78 is 20.4. The van der Waals surface area contributed by atoms with E-state index in [0.29, 0.717) is 41.1 Å². The largest absolute Gasteiger partial charge is 0.376 e. The van der Waals surface area contributed by atoms with Gasteiger partial charge in [-0.25, -0.2) is 9.49 Å². The summed E-state index contributed by atoms with van der Waals surface area (Å²) in [7, 11) is 0. The maximum atomic E-state index is 14.7. The van der Waals surface area contributed by atoms with Crippen molar-refractivity contribution in [2.45, 2.75) is 19.1 Å². The monoisotopic (exact) mass is 444 g/mol. The third-order valence-electron chi connectivity index (χ3n) is 5.41. The highest BCUT2D eigenvalue weighted by Crippen LogP contribution is 2.31. The first kappa shape index (κ1) is 21.4. The van der Waals surface area contributed by atoms with Crippen LogP contribution in [0.15, 0.2) is 47.3 Å². The van der Waals surface area contributed by atoms with E-state index < -0.39 is 17.8 Å². The lowest BCUT2D eigenvalue weighted by atomic mass is 10.0. The summed E-state index contributed by atoms with van der Waals surface area (Å²) in [4.78, 5) is 27.0. The Bertz CT molecular complexity index is 1150. The minimum Gasteiger partial charge on any atom is -0.376 e. The van der Waals surface area contributed by atoms with Gasteiger partial charge in [-0.3, -0.25) is 14.5 Å². The Morgan fingerprint density at radius 3 is 2.84 bits per heavy atom. The summed E-state index contributed by atoms with van der Waals surface area (Å²) in [6.45, 7) is 3.71. The van der Waals surface area contributed by atoms with Gasteiger partial charge in [-0.05, 0) is 25.1 Å². The van der Waals surface area contributed by atoms with Crippen LogP contribution in [0.3, 0.4) is 0 Å². The highest BCUT2D eigenvalue weighted by Gasteiger charge is 2.30. The second kappa shape index (κ2) is 9.13. The summed E-state index contributed by atoms with van der Waals surface area (Å²) in [5, 5.41) is 10.3. The van der Waals surface area contributed by atoms with Gasteiger partial charge < -0.3 is 10.1 Å². The number of halogens is 2. The highest BCUT2D eigenvalue weighted by atomic mass is 35.5. The summed E-state index contributed by atoms with van der Waals surface area (Å²) in [6, 6.07) is 10.8. The van der Waals surface area contributed by atoms with Crippen molar-refractivity contribution in [3.8, 4) is 0 Å². The molecule has 9 heteroatoms. The van der Waals surface area contributed by atoms with Gasteiger partial charge in [0.15, 0.2) is 5.69 Å². The van der Waals surface area contributed by atoms with Crippen LogP contribution in [0, 0.1) is 5.82 Å². The van der Waals surface area contributed by atoms with Gasteiger partial charge in [-0.15, -0.1) is 0 Å². The number of H-pyrrole nitrogens is 1. The Hall–Kier alpha value is -2.81. The number of aromatic nitrogens is 2. The number of fused-ring (bicyclic) bond motifs is 1. The van der Waals surface area contributed by atoms with E-state index in [4.69, 9.17) is 16.3 Å². The molecule has 0 radical (unpaired) electrons. The molecule has 2 unspecified atom stereocenters. The second-order valence-electron chi connectivity index (χ2n) is 7.48. The molecular formula is C22H22ClFN4O3. The van der Waals surface area contributed by atoms with Crippen molar-refractivity contribution >= 4 is 28.3 Å². The molecule has 0 aliphatic carbocycles. The average Bonchev–Trinajstić information content (AvgIpc) is 2.76. The number of benzene rings is 2. The second-order valence-corrected chi connectivity index (χ2v) is 7.89. The normalized spacial score (nSPS) is 18.1. The molecule has 31 heavy (non-hydrogen) atoms. The summed E-state index contributed by atoms with van der Waals surface area (Å²) in [5.41, 5.74) is 0.0623. The summed E-state index contributed by atoms with van der Waals surface area (Å²) in [6.07, 6.45) is -0.0256. The molecule has 7 nitrogen and oxygen atoms in total. The maximum Gasteiger partial charge on any atom is 0.272 e. The smallest absolute Gasteiger partial charge is 0.272 e. The third kappa shape index (κ3) is 4.46. The SMILES string of the molecule is CC1CN(C(CNC(=O)c2n[nH]c(=O)c3ccccc23)c2c(F)cccc2Cl)CCO1. The van der Waals surface area contributed by atoms with E-state index in [0.717, 1.165) is 0 Å². The van der Waals surface area contributed by atoms with E-state index in [1.165, 1.54) is 6.07 Å². The van der Waals surface area contributed by atoms with Crippen molar-refractivity contribution in [3.63, 3.8) is 0 Å². The number of carbonyl (C=O) groups excluding carboxylic acids is 1. The molecule has 3 aromatic rings. The molecule has 1 aliphatic rings. The lowest BCUT2D eigenvalue weighted by Crippen LogP contribution is -2.47. The highest BCUT2D eigenvalue weighted by molar-refractivity contribution is 6.31. The molecule has 1 aromatic heterocycles. The lowest BCUT2D eigenvalue weighted by molar-refractivity contribution is -0.0346. The van der Waals surface area contributed by atoms with Gasteiger partial charge in [0, 0.05) is 35.6 Å². The Morgan fingerprint density at radius 2 is 2.10 bits per heavy atom. The topological polar surface area (TPSA) is 87.3 Å². The number of nitrogens with one attached hydrogen (secondary N) is 2. The van der Waals surface area contributed by atoms with Crippen molar-refractivity contribution in [1.29, 1.82) is 0 Å². The van der Waals surface area contributed by atoms with Crippen LogP contribution in [0.5, 0.6) is 0 Å². The molecule has 2 atom stereocenters. The molecule has 2 heterocycles. The van der Waals surface area contributed by atoms with Gasteiger partial charge in [0.1, 0.15) is 5.82 Å². The molecule has 0 saturated carbocycles. The van der Waals surface area contributed by atoms with Crippen molar-refractivity contribution < 1.29 is 13.9 Å². The van der Waals surface area contributed by atoms with Crippen molar-refractivity contribution in [2.24, 2.45) is 0 Å². The fraction of sp³-hybridized carbons (Fsp3) is 0.318. The molecule has 2 N–H and O–H groups in total. The Balaban J connectivity index is 1.63. The van der Waals surface area contributed by atoms with Crippen LogP contribution in [0.4, 0.5) is 4.39 Å². The summed E-state index contributed by atoms with van der Waals surface area (Å²) >= 11 is 6.35. The molecule has 1 fully saturated rings. The zero-order valence-electron chi connectivity index (χ0n) is 16.9. The Morgan fingerprint density at radius 1 is 1.32 bits per heavy atom. The van der Waals surface area contributed by atoms with Gasteiger partial charge in [0.25, 0.3) is 11.5 Å². The van der Waals surface area contributed by atoms with Crippen LogP contribution in [0.2, 0.25) is 5.02 Å². The van der Waals surface area contributed by atoms with Gasteiger partial charge in [0.05, 0.1) is 24.1 Å². The number of aromatic amines is 1. The molecule has 162 valence electrons. The minimum atomic E-state index is -0.488. The zero-order valence-corrected chi connectivity index (χ0v) is 17.7. The van der Waals surface area contributed by atoms with Crippen molar-refractivity contribution in [2.75, 3.05) is 26.2 Å². The fourth-order valence-electron chi connectivity index (χ4n) is 3.93. The number of carbonyl (C=O) groups is 1. The van der Waals surface area contributed by atoms with Crippen LogP contribution in [0.25, 0.3) is 10.8 Å². The molecule has 1 saturated heterocycles. The Kier molecular flexibility index (Phi) is 6.31. The van der Waals surface area contributed by atoms with E-state index in [9.17, 15) is 14.0 Å². The lowest BCUT2D eigenvalue weighted by Gasteiger charge is -2.38. The fourth-order valence-corrected chi connectivity index (χ4v) is 4.22. The van der Waals surface area contributed by atoms with Crippen molar-refractivity contribution in [1.82, 2.24) is 20.4 Å². The van der Waals surface area contributed by atoms with E-state index in [-0.39, 0.29) is 23.9 Å². The predicted octanol–water partition coefficient (Wildman–Crippen LogP) is 2.91. The van der Waals surface area contributed by atoms with Crippen LogP contribution >= 0.6 is 11.6 Å². The molecule has 2 aromatic carbocycles. The van der Waals surface area contributed by atoms with Gasteiger partial charge >= 0.3 is 0 Å².